The van der Waals surface area contributed by atoms with Crippen LogP contribution in [0.4, 0.5) is 5.82 Å². The second kappa shape index (κ2) is 4.91. The van der Waals surface area contributed by atoms with Gasteiger partial charge in [0.1, 0.15) is 23.1 Å². The van der Waals surface area contributed by atoms with E-state index in [0.29, 0.717) is 12.2 Å². The summed E-state index contributed by atoms with van der Waals surface area (Å²) < 4.78 is 26.2. The van der Waals surface area contributed by atoms with Gasteiger partial charge in [0.2, 0.25) is 0 Å². The standard InChI is InChI=1S/C9H10ClN5O2S/c1-2-7-11-4-9(14-7)18(16,17)15-8-3-6(10)12-5-13-8/h3-5H,2H2,1H3,(H,11,14)(H,12,13,15). The molecular weight excluding hydrogens is 278 g/mol. The van der Waals surface area contributed by atoms with Gasteiger partial charge in [0.15, 0.2) is 5.03 Å². The summed E-state index contributed by atoms with van der Waals surface area (Å²) in [6.07, 6.45) is 3.05. The van der Waals surface area contributed by atoms with E-state index in [1.165, 1.54) is 18.6 Å². The van der Waals surface area contributed by atoms with Crippen molar-refractivity contribution in [2.75, 3.05) is 4.72 Å². The van der Waals surface area contributed by atoms with E-state index in [0.717, 1.165) is 0 Å². The van der Waals surface area contributed by atoms with Crippen LogP contribution in [0.2, 0.25) is 5.15 Å². The predicted molar refractivity (Wildman–Crippen MR) is 65.8 cm³/mol. The molecule has 0 unspecified atom stereocenters. The molecule has 0 saturated heterocycles. The Labute approximate surface area is 109 Å². The molecule has 0 bridgehead atoms. The number of imidazole rings is 1. The topological polar surface area (TPSA) is 101 Å². The molecule has 2 heterocycles. The van der Waals surface area contributed by atoms with Gasteiger partial charge in [0.25, 0.3) is 10.0 Å². The van der Waals surface area contributed by atoms with Gasteiger partial charge >= 0.3 is 0 Å². The van der Waals surface area contributed by atoms with Crippen LogP contribution in [-0.4, -0.2) is 28.4 Å². The Hall–Kier alpha value is -1.67. The lowest BCUT2D eigenvalue weighted by Crippen LogP contribution is -2.14. The summed E-state index contributed by atoms with van der Waals surface area (Å²) in [6, 6.07) is 1.32. The molecule has 2 aromatic heterocycles. The van der Waals surface area contributed by atoms with E-state index in [4.69, 9.17) is 11.6 Å². The third-order valence-corrected chi connectivity index (χ3v) is 3.57. The van der Waals surface area contributed by atoms with Crippen LogP contribution in [0, 0.1) is 0 Å². The highest BCUT2D eigenvalue weighted by Crippen LogP contribution is 2.14. The van der Waals surface area contributed by atoms with Crippen molar-refractivity contribution >= 4 is 27.4 Å². The van der Waals surface area contributed by atoms with E-state index in [-0.39, 0.29) is 16.0 Å². The number of sulfonamides is 1. The minimum absolute atomic E-state index is 0.0194. The normalized spacial score (nSPS) is 11.4. The first-order valence-electron chi connectivity index (χ1n) is 5.05. The summed E-state index contributed by atoms with van der Waals surface area (Å²) in [4.78, 5) is 14.0. The molecule has 0 aliphatic rings. The van der Waals surface area contributed by atoms with Crippen molar-refractivity contribution in [1.29, 1.82) is 0 Å². The van der Waals surface area contributed by atoms with Crippen molar-refractivity contribution in [3.05, 3.63) is 29.6 Å². The lowest BCUT2D eigenvalue weighted by atomic mass is 10.5. The highest BCUT2D eigenvalue weighted by Gasteiger charge is 2.17. The monoisotopic (exact) mass is 287 g/mol. The molecule has 0 spiro atoms. The Morgan fingerprint density at radius 3 is 2.78 bits per heavy atom. The van der Waals surface area contributed by atoms with E-state index in [2.05, 4.69) is 24.7 Å². The lowest BCUT2D eigenvalue weighted by Gasteiger charge is -2.04. The zero-order chi connectivity index (χ0) is 13.2. The molecule has 0 atom stereocenters. The number of rotatable bonds is 4. The van der Waals surface area contributed by atoms with Gasteiger partial charge < -0.3 is 4.98 Å². The van der Waals surface area contributed by atoms with Crippen molar-refractivity contribution in [1.82, 2.24) is 19.9 Å². The third kappa shape index (κ3) is 2.77. The van der Waals surface area contributed by atoms with Crippen LogP contribution in [-0.2, 0) is 16.4 Å². The van der Waals surface area contributed by atoms with Gasteiger partial charge in [0, 0.05) is 12.5 Å². The number of anilines is 1. The Bertz CT molecular complexity index is 654. The van der Waals surface area contributed by atoms with Gasteiger partial charge in [-0.2, -0.15) is 8.42 Å². The Kier molecular flexibility index (Phi) is 3.48. The highest BCUT2D eigenvalue weighted by atomic mass is 35.5. The third-order valence-electron chi connectivity index (χ3n) is 2.10. The number of nitrogens with one attached hydrogen (secondary N) is 2. The molecule has 7 nitrogen and oxygen atoms in total. The molecule has 2 aromatic rings. The maximum atomic E-state index is 12.0. The second-order valence-corrected chi connectivity index (χ2v) is 5.42. The van der Waals surface area contributed by atoms with Crippen LogP contribution >= 0.6 is 11.6 Å². The molecule has 0 amide bonds. The first-order chi connectivity index (χ1) is 8.51. The number of aryl methyl sites for hydroxylation is 1. The summed E-state index contributed by atoms with van der Waals surface area (Å²) in [5.41, 5.74) is 0. The quantitative estimate of drug-likeness (QED) is 0.823. The van der Waals surface area contributed by atoms with E-state index in [1.807, 2.05) is 6.92 Å². The van der Waals surface area contributed by atoms with E-state index >= 15 is 0 Å². The molecule has 0 fully saturated rings. The molecule has 2 rings (SSSR count). The second-order valence-electron chi connectivity index (χ2n) is 3.38. The number of hydrogen-bond acceptors (Lipinski definition) is 5. The lowest BCUT2D eigenvalue weighted by molar-refractivity contribution is 0.597. The minimum atomic E-state index is -3.74. The van der Waals surface area contributed by atoms with Crippen LogP contribution in [0.25, 0.3) is 0 Å². The SMILES string of the molecule is CCc1ncc(S(=O)(=O)Nc2cc(Cl)ncn2)[nH]1. The molecule has 0 radical (unpaired) electrons. The zero-order valence-corrected chi connectivity index (χ0v) is 11.0. The van der Waals surface area contributed by atoms with Gasteiger partial charge in [0.05, 0.1) is 6.20 Å². The fraction of sp³-hybridized carbons (Fsp3) is 0.222. The summed E-state index contributed by atoms with van der Waals surface area (Å²) in [5, 5.41) is 0.135. The van der Waals surface area contributed by atoms with Crippen LogP contribution in [0.3, 0.4) is 0 Å². The van der Waals surface area contributed by atoms with Crippen molar-refractivity contribution < 1.29 is 8.42 Å². The van der Waals surface area contributed by atoms with E-state index in [1.54, 1.807) is 0 Å². The summed E-state index contributed by atoms with van der Waals surface area (Å²) in [5.74, 6) is 0.693. The molecule has 18 heavy (non-hydrogen) atoms. The van der Waals surface area contributed by atoms with Crippen molar-refractivity contribution in [3.63, 3.8) is 0 Å². The van der Waals surface area contributed by atoms with Gasteiger partial charge in [-0.25, -0.2) is 15.0 Å². The van der Waals surface area contributed by atoms with Gasteiger partial charge in [-0.3, -0.25) is 4.72 Å². The molecule has 9 heteroatoms. The molecule has 0 aliphatic carbocycles. The average molecular weight is 288 g/mol. The number of aromatic amines is 1. The maximum absolute atomic E-state index is 12.0. The molecule has 0 saturated carbocycles. The zero-order valence-electron chi connectivity index (χ0n) is 9.38. The van der Waals surface area contributed by atoms with Crippen LogP contribution < -0.4 is 4.72 Å². The first-order valence-corrected chi connectivity index (χ1v) is 6.91. The summed E-state index contributed by atoms with van der Waals surface area (Å²) in [7, 11) is -3.74. The van der Waals surface area contributed by atoms with Crippen molar-refractivity contribution in [2.45, 2.75) is 18.4 Å². The smallest absolute Gasteiger partial charge is 0.280 e. The summed E-state index contributed by atoms with van der Waals surface area (Å²) >= 11 is 5.64. The molecule has 0 aliphatic heterocycles. The predicted octanol–water partition coefficient (Wildman–Crippen LogP) is 1.22. The van der Waals surface area contributed by atoms with Crippen LogP contribution in [0.5, 0.6) is 0 Å². The average Bonchev–Trinajstić information content (AvgIpc) is 2.77. The van der Waals surface area contributed by atoms with E-state index in [9.17, 15) is 8.42 Å². The largest absolute Gasteiger partial charge is 0.332 e. The number of hydrogen-bond donors (Lipinski definition) is 2. The molecule has 96 valence electrons. The number of halogens is 1. The van der Waals surface area contributed by atoms with Gasteiger partial charge in [-0.1, -0.05) is 18.5 Å². The van der Waals surface area contributed by atoms with Crippen LogP contribution in [0.15, 0.2) is 23.6 Å². The summed E-state index contributed by atoms with van der Waals surface area (Å²) in [6.45, 7) is 1.87. The molecule has 0 aromatic carbocycles. The maximum Gasteiger partial charge on any atom is 0.280 e. The number of aromatic nitrogens is 4. The van der Waals surface area contributed by atoms with Gasteiger partial charge in [-0.15, -0.1) is 0 Å². The van der Waals surface area contributed by atoms with E-state index < -0.39 is 10.0 Å². The number of nitrogens with zero attached hydrogens (tertiary/aromatic N) is 3. The fourth-order valence-electron chi connectivity index (χ4n) is 1.24. The molecular formula is C9H10ClN5O2S. The first kappa shape index (κ1) is 12.8. The fourth-order valence-corrected chi connectivity index (χ4v) is 2.33. The Morgan fingerprint density at radius 2 is 2.17 bits per heavy atom. The number of H-pyrrole nitrogens is 1. The van der Waals surface area contributed by atoms with Crippen LogP contribution in [0.1, 0.15) is 12.7 Å². The highest BCUT2D eigenvalue weighted by molar-refractivity contribution is 7.92. The van der Waals surface area contributed by atoms with Crippen molar-refractivity contribution in [2.24, 2.45) is 0 Å². The molecule has 2 N–H and O–H groups in total. The Morgan fingerprint density at radius 1 is 1.39 bits per heavy atom. The van der Waals surface area contributed by atoms with Crippen molar-refractivity contribution in [3.8, 4) is 0 Å². The Balaban J connectivity index is 2.27. The van der Waals surface area contributed by atoms with Gasteiger partial charge in [-0.05, 0) is 0 Å². The minimum Gasteiger partial charge on any atom is -0.332 e.